The van der Waals surface area contributed by atoms with Gasteiger partial charge in [0.05, 0.1) is 18.4 Å². The molecule has 4 nitrogen and oxygen atoms in total. The molecule has 0 heterocycles. The summed E-state index contributed by atoms with van der Waals surface area (Å²) >= 11 is 0. The van der Waals surface area contributed by atoms with Gasteiger partial charge in [0, 0.05) is 0 Å². The van der Waals surface area contributed by atoms with E-state index in [1.165, 1.54) is 7.11 Å². The summed E-state index contributed by atoms with van der Waals surface area (Å²) in [5, 5.41) is 0. The van der Waals surface area contributed by atoms with E-state index in [2.05, 4.69) is 0 Å². The maximum atomic E-state index is 11.6. The highest BCUT2D eigenvalue weighted by atomic mass is 16.5. The van der Waals surface area contributed by atoms with Crippen molar-refractivity contribution >= 4 is 11.9 Å². The normalized spacial score (nSPS) is 33.7. The fraction of sp³-hybridized carbons (Fsp3) is 0.818. The van der Waals surface area contributed by atoms with Crippen LogP contribution < -0.4 is 5.73 Å². The summed E-state index contributed by atoms with van der Waals surface area (Å²) in [6, 6.07) is 0. The van der Waals surface area contributed by atoms with Crippen LogP contribution in [0.2, 0.25) is 0 Å². The van der Waals surface area contributed by atoms with Crippen molar-refractivity contribution < 1.29 is 14.3 Å². The number of methoxy groups -OCH3 is 1. The number of hydrogen-bond acceptors (Lipinski definition) is 3. The van der Waals surface area contributed by atoms with E-state index in [0.717, 1.165) is 0 Å². The van der Waals surface area contributed by atoms with Gasteiger partial charge in [0.25, 0.3) is 0 Å². The summed E-state index contributed by atoms with van der Waals surface area (Å²) in [4.78, 5) is 23.0. The third kappa shape index (κ3) is 1.52. The molecule has 1 fully saturated rings. The topological polar surface area (TPSA) is 69.4 Å². The number of ether oxygens (including phenoxy) is 1. The summed E-state index contributed by atoms with van der Waals surface area (Å²) in [5.74, 6) is -0.816. The standard InChI is InChI=1S/C11H19NO3/c1-10(2)7(8(13)15-4)5-6-11(10,3)9(12)14/h7H,5-6H2,1-4H3,(H2,12,14)/t7-,11-/m0/s1. The number of esters is 1. The van der Waals surface area contributed by atoms with Crippen molar-refractivity contribution in [2.75, 3.05) is 7.11 Å². The molecule has 1 amide bonds. The molecule has 1 saturated carbocycles. The zero-order valence-electron chi connectivity index (χ0n) is 9.79. The molecule has 1 aliphatic carbocycles. The molecule has 0 aromatic heterocycles. The van der Waals surface area contributed by atoms with Gasteiger partial charge >= 0.3 is 5.97 Å². The Labute approximate surface area is 90.2 Å². The molecule has 1 rings (SSSR count). The van der Waals surface area contributed by atoms with Crippen molar-refractivity contribution in [3.63, 3.8) is 0 Å². The van der Waals surface area contributed by atoms with Crippen molar-refractivity contribution in [3.8, 4) is 0 Å². The van der Waals surface area contributed by atoms with Crippen LogP contribution in [-0.4, -0.2) is 19.0 Å². The Morgan fingerprint density at radius 2 is 1.87 bits per heavy atom. The molecule has 0 aliphatic heterocycles. The largest absolute Gasteiger partial charge is 0.469 e. The maximum absolute atomic E-state index is 11.6. The van der Waals surface area contributed by atoms with Gasteiger partial charge in [0.2, 0.25) is 5.91 Å². The highest BCUT2D eigenvalue weighted by Crippen LogP contribution is 2.55. The van der Waals surface area contributed by atoms with Crippen molar-refractivity contribution in [1.82, 2.24) is 0 Å². The van der Waals surface area contributed by atoms with E-state index >= 15 is 0 Å². The first-order chi connectivity index (χ1) is 6.77. The molecule has 0 bridgehead atoms. The van der Waals surface area contributed by atoms with Crippen LogP contribution in [0.25, 0.3) is 0 Å². The van der Waals surface area contributed by atoms with E-state index in [-0.39, 0.29) is 17.8 Å². The molecule has 2 atom stereocenters. The van der Waals surface area contributed by atoms with Gasteiger partial charge in [-0.1, -0.05) is 20.8 Å². The van der Waals surface area contributed by atoms with Crippen LogP contribution >= 0.6 is 0 Å². The Kier molecular flexibility index (Phi) is 2.81. The van der Waals surface area contributed by atoms with E-state index in [0.29, 0.717) is 12.8 Å². The number of primary amides is 1. The van der Waals surface area contributed by atoms with Crippen LogP contribution in [-0.2, 0) is 14.3 Å². The summed E-state index contributed by atoms with van der Waals surface area (Å²) < 4.78 is 4.75. The molecular weight excluding hydrogens is 194 g/mol. The first kappa shape index (κ1) is 12.0. The van der Waals surface area contributed by atoms with Gasteiger partial charge in [-0.05, 0) is 18.3 Å². The average Bonchev–Trinajstić information content (AvgIpc) is 2.39. The number of amides is 1. The smallest absolute Gasteiger partial charge is 0.309 e. The van der Waals surface area contributed by atoms with Crippen LogP contribution in [0.4, 0.5) is 0 Å². The van der Waals surface area contributed by atoms with Gasteiger partial charge in [0.15, 0.2) is 0 Å². The van der Waals surface area contributed by atoms with Crippen LogP contribution in [0, 0.1) is 16.7 Å². The molecule has 1 aliphatic rings. The lowest BCUT2D eigenvalue weighted by molar-refractivity contribution is -0.151. The van der Waals surface area contributed by atoms with E-state index in [1.807, 2.05) is 20.8 Å². The minimum atomic E-state index is -0.619. The summed E-state index contributed by atoms with van der Waals surface area (Å²) in [6.45, 7) is 5.65. The maximum Gasteiger partial charge on any atom is 0.309 e. The summed E-state index contributed by atoms with van der Waals surface area (Å²) in [5.41, 5.74) is 4.36. The Morgan fingerprint density at radius 3 is 2.20 bits per heavy atom. The second kappa shape index (κ2) is 3.51. The number of carbonyl (C=O) groups excluding carboxylic acids is 2. The molecular formula is C11H19NO3. The lowest BCUT2D eigenvalue weighted by Gasteiger charge is -2.38. The molecule has 4 heteroatoms. The van der Waals surface area contributed by atoms with Crippen molar-refractivity contribution in [1.29, 1.82) is 0 Å². The molecule has 86 valence electrons. The molecule has 0 saturated heterocycles. The molecule has 2 N–H and O–H groups in total. The van der Waals surface area contributed by atoms with Crippen LogP contribution in [0.5, 0.6) is 0 Å². The highest BCUT2D eigenvalue weighted by Gasteiger charge is 2.57. The first-order valence-electron chi connectivity index (χ1n) is 5.15. The van der Waals surface area contributed by atoms with Gasteiger partial charge in [-0.25, -0.2) is 0 Å². The highest BCUT2D eigenvalue weighted by molar-refractivity contribution is 5.84. The second-order valence-electron chi connectivity index (χ2n) is 5.03. The van der Waals surface area contributed by atoms with E-state index in [1.54, 1.807) is 0 Å². The van der Waals surface area contributed by atoms with Crippen LogP contribution in [0.1, 0.15) is 33.6 Å². The predicted octanol–water partition coefficient (Wildman–Crippen LogP) is 1.09. The monoisotopic (exact) mass is 213 g/mol. The third-order valence-electron chi connectivity index (χ3n) is 4.26. The zero-order valence-corrected chi connectivity index (χ0v) is 9.79. The van der Waals surface area contributed by atoms with E-state index < -0.39 is 10.8 Å². The lowest BCUT2D eigenvalue weighted by atomic mass is 9.65. The number of nitrogens with two attached hydrogens (primary N) is 1. The van der Waals surface area contributed by atoms with Gasteiger partial charge < -0.3 is 10.5 Å². The zero-order chi connectivity index (χ0) is 11.9. The first-order valence-corrected chi connectivity index (χ1v) is 5.15. The molecule has 0 unspecified atom stereocenters. The third-order valence-corrected chi connectivity index (χ3v) is 4.26. The van der Waals surface area contributed by atoms with E-state index in [9.17, 15) is 9.59 Å². The van der Waals surface area contributed by atoms with E-state index in [4.69, 9.17) is 10.5 Å². The average molecular weight is 213 g/mol. The summed E-state index contributed by atoms with van der Waals surface area (Å²) in [6.07, 6.45) is 1.31. The van der Waals surface area contributed by atoms with Crippen molar-refractivity contribution in [2.45, 2.75) is 33.6 Å². The fourth-order valence-electron chi connectivity index (χ4n) is 2.50. The lowest BCUT2D eigenvalue weighted by Crippen LogP contribution is -2.46. The van der Waals surface area contributed by atoms with Crippen molar-refractivity contribution in [3.05, 3.63) is 0 Å². The van der Waals surface area contributed by atoms with Crippen molar-refractivity contribution in [2.24, 2.45) is 22.5 Å². The molecule has 0 aromatic carbocycles. The van der Waals surface area contributed by atoms with Gasteiger partial charge in [0.1, 0.15) is 0 Å². The van der Waals surface area contributed by atoms with Crippen LogP contribution in [0.15, 0.2) is 0 Å². The van der Waals surface area contributed by atoms with Crippen LogP contribution in [0.3, 0.4) is 0 Å². The van der Waals surface area contributed by atoms with Gasteiger partial charge in [-0.2, -0.15) is 0 Å². The second-order valence-corrected chi connectivity index (χ2v) is 5.03. The Morgan fingerprint density at radius 1 is 1.33 bits per heavy atom. The predicted molar refractivity (Wildman–Crippen MR) is 55.8 cm³/mol. The number of carbonyl (C=O) groups is 2. The SMILES string of the molecule is COC(=O)[C@@H]1CC[C@@](C)(C(N)=O)C1(C)C. The quantitative estimate of drug-likeness (QED) is 0.698. The molecule has 0 spiro atoms. The Hall–Kier alpha value is -1.06. The minimum absolute atomic E-state index is 0.236. The van der Waals surface area contributed by atoms with Gasteiger partial charge in [-0.3, -0.25) is 9.59 Å². The van der Waals surface area contributed by atoms with Gasteiger partial charge in [-0.15, -0.1) is 0 Å². The Bertz CT molecular complexity index is 298. The molecule has 0 aromatic rings. The fourth-order valence-corrected chi connectivity index (χ4v) is 2.50. The number of rotatable bonds is 2. The Balaban J connectivity index is 3.04. The minimum Gasteiger partial charge on any atom is -0.469 e. The summed E-state index contributed by atoms with van der Waals surface area (Å²) in [7, 11) is 1.37. The molecule has 15 heavy (non-hydrogen) atoms. The molecule has 0 radical (unpaired) electrons. The number of hydrogen-bond donors (Lipinski definition) is 1.